The Bertz CT molecular complexity index is 461. The molecule has 1 aromatic rings. The average molecular weight is 322 g/mol. The summed E-state index contributed by atoms with van der Waals surface area (Å²) in [5.74, 6) is -1.46. The van der Waals surface area contributed by atoms with Gasteiger partial charge in [-0.25, -0.2) is 4.79 Å². The highest BCUT2D eigenvalue weighted by Gasteiger charge is 2.20. The van der Waals surface area contributed by atoms with Crippen LogP contribution < -0.4 is 0 Å². The van der Waals surface area contributed by atoms with Crippen LogP contribution in [0.2, 0.25) is 5.02 Å². The Kier molecular flexibility index (Phi) is 4.68. The van der Waals surface area contributed by atoms with Gasteiger partial charge in [-0.15, -0.1) is 0 Å². The van der Waals surface area contributed by atoms with Crippen molar-refractivity contribution >= 4 is 39.3 Å². The number of halogens is 2. The topological polar surface area (TPSA) is 74.6 Å². The van der Waals surface area contributed by atoms with E-state index in [1.807, 2.05) is 0 Å². The van der Waals surface area contributed by atoms with Crippen LogP contribution in [0, 0.1) is 0 Å². The maximum atomic E-state index is 11.2. The number of carbonyl (C=O) groups excluding carboxylic acids is 1. The monoisotopic (exact) mass is 320 g/mol. The van der Waals surface area contributed by atoms with E-state index in [1.165, 1.54) is 25.1 Å². The summed E-state index contributed by atoms with van der Waals surface area (Å²) in [4.78, 5) is 21.2. The zero-order chi connectivity index (χ0) is 13.2. The second-order valence-corrected chi connectivity index (χ2v) is 4.82. The molecule has 0 aliphatic rings. The molecule has 0 saturated carbocycles. The van der Waals surface area contributed by atoms with E-state index in [4.69, 9.17) is 16.7 Å². The number of benzene rings is 1. The highest BCUT2D eigenvalue weighted by molar-refractivity contribution is 9.09. The maximum Gasteiger partial charge on any atom is 0.337 e. The van der Waals surface area contributed by atoms with Crippen LogP contribution in [-0.2, 0) is 9.59 Å². The standard InChI is InChI=1S/C11H10BrClO4/c1-5(14)9(12)7-3-2-6(4-8(7)13)10(15)11(16)17/h2-4,9-10,15H,1H3,(H,16,17). The van der Waals surface area contributed by atoms with Gasteiger partial charge in [0, 0.05) is 5.02 Å². The Hall–Kier alpha value is -0.910. The first kappa shape index (κ1) is 14.2. The molecule has 17 heavy (non-hydrogen) atoms. The summed E-state index contributed by atoms with van der Waals surface area (Å²) in [5.41, 5.74) is 0.718. The number of carboxylic acids is 1. The molecule has 0 saturated heterocycles. The molecular formula is C11H10BrClO4. The van der Waals surface area contributed by atoms with Gasteiger partial charge in [-0.2, -0.15) is 0 Å². The molecule has 0 aromatic heterocycles. The van der Waals surface area contributed by atoms with E-state index in [9.17, 15) is 14.7 Å². The van der Waals surface area contributed by atoms with Crippen molar-refractivity contribution in [1.29, 1.82) is 0 Å². The molecule has 4 nitrogen and oxygen atoms in total. The molecule has 0 fully saturated rings. The fraction of sp³-hybridized carbons (Fsp3) is 0.273. The summed E-state index contributed by atoms with van der Waals surface area (Å²) in [5, 5.41) is 18.2. The van der Waals surface area contributed by atoms with E-state index < -0.39 is 16.9 Å². The van der Waals surface area contributed by atoms with Crippen molar-refractivity contribution in [2.45, 2.75) is 17.9 Å². The largest absolute Gasteiger partial charge is 0.479 e. The maximum absolute atomic E-state index is 11.2. The van der Waals surface area contributed by atoms with E-state index in [0.29, 0.717) is 5.56 Å². The molecule has 0 aliphatic heterocycles. The SMILES string of the molecule is CC(=O)C(Br)c1ccc(C(O)C(=O)O)cc1Cl. The van der Waals surface area contributed by atoms with Gasteiger partial charge in [0.1, 0.15) is 5.78 Å². The molecule has 2 unspecified atom stereocenters. The van der Waals surface area contributed by atoms with Crippen molar-refractivity contribution in [3.63, 3.8) is 0 Å². The van der Waals surface area contributed by atoms with Gasteiger partial charge in [-0.05, 0) is 24.1 Å². The molecule has 6 heteroatoms. The van der Waals surface area contributed by atoms with Crippen molar-refractivity contribution in [1.82, 2.24) is 0 Å². The number of rotatable bonds is 4. The van der Waals surface area contributed by atoms with Crippen LogP contribution in [-0.4, -0.2) is 22.0 Å². The van der Waals surface area contributed by atoms with Gasteiger partial charge >= 0.3 is 5.97 Å². The molecule has 2 atom stereocenters. The molecule has 0 heterocycles. The Morgan fingerprint density at radius 3 is 2.41 bits per heavy atom. The molecule has 92 valence electrons. The fourth-order valence-corrected chi connectivity index (χ4v) is 2.11. The molecule has 0 radical (unpaired) electrons. The van der Waals surface area contributed by atoms with E-state index >= 15 is 0 Å². The van der Waals surface area contributed by atoms with Gasteiger partial charge in [-0.1, -0.05) is 39.7 Å². The lowest BCUT2D eigenvalue weighted by atomic mass is 10.0. The van der Waals surface area contributed by atoms with Crippen LogP contribution in [0.15, 0.2) is 18.2 Å². The molecular weight excluding hydrogens is 311 g/mol. The second kappa shape index (κ2) is 5.62. The van der Waals surface area contributed by atoms with Crippen LogP contribution in [0.1, 0.15) is 29.0 Å². The number of hydrogen-bond donors (Lipinski definition) is 2. The van der Waals surface area contributed by atoms with Gasteiger partial charge in [0.05, 0.1) is 4.83 Å². The molecule has 0 bridgehead atoms. The van der Waals surface area contributed by atoms with Gasteiger partial charge in [0.25, 0.3) is 0 Å². The predicted octanol–water partition coefficient (Wildman–Crippen LogP) is 2.48. The third-order valence-corrected chi connectivity index (χ3v) is 3.67. The molecule has 1 rings (SSSR count). The lowest BCUT2D eigenvalue weighted by molar-refractivity contribution is -0.147. The number of hydrogen-bond acceptors (Lipinski definition) is 3. The summed E-state index contributed by atoms with van der Waals surface area (Å²) in [7, 11) is 0. The number of carboxylic acid groups (broad SMARTS) is 1. The summed E-state index contributed by atoms with van der Waals surface area (Å²) < 4.78 is 0. The molecule has 0 aliphatic carbocycles. The highest BCUT2D eigenvalue weighted by Crippen LogP contribution is 2.32. The third-order valence-electron chi connectivity index (χ3n) is 2.20. The van der Waals surface area contributed by atoms with E-state index in [1.54, 1.807) is 0 Å². The van der Waals surface area contributed by atoms with Crippen LogP contribution in [0.25, 0.3) is 0 Å². The minimum absolute atomic E-state index is 0.113. The van der Waals surface area contributed by atoms with Crippen molar-refractivity contribution < 1.29 is 19.8 Å². The van der Waals surface area contributed by atoms with E-state index in [0.717, 1.165) is 0 Å². The van der Waals surface area contributed by atoms with Crippen molar-refractivity contribution in [3.8, 4) is 0 Å². The van der Waals surface area contributed by atoms with Crippen LogP contribution in [0.5, 0.6) is 0 Å². The summed E-state index contributed by atoms with van der Waals surface area (Å²) in [6, 6.07) is 4.29. The van der Waals surface area contributed by atoms with Gasteiger partial charge < -0.3 is 10.2 Å². The van der Waals surface area contributed by atoms with Crippen molar-refractivity contribution in [3.05, 3.63) is 34.3 Å². The highest BCUT2D eigenvalue weighted by atomic mass is 79.9. The summed E-state index contributed by atoms with van der Waals surface area (Å²) >= 11 is 9.11. The van der Waals surface area contributed by atoms with E-state index in [2.05, 4.69) is 15.9 Å². The smallest absolute Gasteiger partial charge is 0.337 e. The van der Waals surface area contributed by atoms with Crippen LogP contribution in [0.4, 0.5) is 0 Å². The number of aliphatic hydroxyl groups is 1. The lowest BCUT2D eigenvalue weighted by Gasteiger charge is -2.12. The average Bonchev–Trinajstić information content (AvgIpc) is 2.26. The van der Waals surface area contributed by atoms with Crippen LogP contribution in [0.3, 0.4) is 0 Å². The van der Waals surface area contributed by atoms with E-state index in [-0.39, 0.29) is 16.4 Å². The van der Waals surface area contributed by atoms with Gasteiger partial charge in [0.2, 0.25) is 0 Å². The number of aliphatic hydroxyl groups excluding tert-OH is 1. The molecule has 1 aromatic carbocycles. The van der Waals surface area contributed by atoms with Gasteiger partial charge in [-0.3, -0.25) is 4.79 Å². The first-order valence-corrected chi connectivity index (χ1v) is 5.98. The predicted molar refractivity (Wildman–Crippen MR) is 66.4 cm³/mol. The Balaban J connectivity index is 3.10. The number of ketones is 1. The minimum atomic E-state index is -1.62. The fourth-order valence-electron chi connectivity index (χ4n) is 1.28. The quantitative estimate of drug-likeness (QED) is 0.836. The second-order valence-electron chi connectivity index (χ2n) is 3.49. The van der Waals surface area contributed by atoms with Crippen molar-refractivity contribution in [2.24, 2.45) is 0 Å². The first-order chi connectivity index (χ1) is 7.84. The van der Waals surface area contributed by atoms with Crippen molar-refractivity contribution in [2.75, 3.05) is 0 Å². The zero-order valence-corrected chi connectivity index (χ0v) is 11.2. The first-order valence-electron chi connectivity index (χ1n) is 4.69. The molecule has 0 spiro atoms. The number of Topliss-reactive ketones (excluding diaryl/α,β-unsaturated/α-hetero) is 1. The summed E-state index contributed by atoms with van der Waals surface area (Å²) in [6.07, 6.45) is -1.62. The van der Waals surface area contributed by atoms with Crippen LogP contribution >= 0.6 is 27.5 Å². The number of carbonyl (C=O) groups is 2. The minimum Gasteiger partial charge on any atom is -0.479 e. The molecule has 0 amide bonds. The third kappa shape index (κ3) is 3.28. The zero-order valence-electron chi connectivity index (χ0n) is 8.85. The molecule has 2 N–H and O–H groups in total. The Morgan fingerprint density at radius 1 is 1.41 bits per heavy atom. The number of aliphatic carboxylic acids is 1. The normalized spacial score (nSPS) is 14.1. The van der Waals surface area contributed by atoms with Gasteiger partial charge in [0.15, 0.2) is 6.10 Å². The lowest BCUT2D eigenvalue weighted by Crippen LogP contribution is -2.11. The summed E-state index contributed by atoms with van der Waals surface area (Å²) in [6.45, 7) is 1.41. The number of alkyl halides is 1. The Morgan fingerprint density at radius 2 is 2.00 bits per heavy atom. The Labute approximate surface area is 111 Å².